The molecular formula is C4HN3O2. The van der Waals surface area contributed by atoms with Crippen LogP contribution in [0.3, 0.4) is 0 Å². The molecule has 1 aromatic rings. The Morgan fingerprint density at radius 2 is 2.33 bits per heavy atom. The SMILES string of the molecule is O=C1N=Nc2ncoc21. The van der Waals surface area contributed by atoms with Crippen molar-refractivity contribution in [3.63, 3.8) is 0 Å². The summed E-state index contributed by atoms with van der Waals surface area (Å²) in [6.07, 6.45) is 1.17. The monoisotopic (exact) mass is 123 g/mol. The van der Waals surface area contributed by atoms with Crippen LogP contribution in [-0.4, -0.2) is 10.9 Å². The van der Waals surface area contributed by atoms with E-state index in [-0.39, 0.29) is 11.6 Å². The molecule has 0 spiro atoms. The van der Waals surface area contributed by atoms with E-state index in [1.807, 2.05) is 0 Å². The smallest absolute Gasteiger partial charge is 0.335 e. The van der Waals surface area contributed by atoms with Gasteiger partial charge in [-0.2, -0.15) is 4.98 Å². The molecule has 2 heterocycles. The topological polar surface area (TPSA) is 67.8 Å². The summed E-state index contributed by atoms with van der Waals surface area (Å²) in [6, 6.07) is 0. The fraction of sp³-hybridized carbons (Fsp3) is 0. The minimum absolute atomic E-state index is 0.134. The molecule has 1 amide bonds. The molecule has 9 heavy (non-hydrogen) atoms. The normalized spacial score (nSPS) is 14.4. The molecule has 2 rings (SSSR count). The van der Waals surface area contributed by atoms with E-state index in [9.17, 15) is 4.79 Å². The number of fused-ring (bicyclic) bond motifs is 1. The Morgan fingerprint density at radius 3 is 3.11 bits per heavy atom. The van der Waals surface area contributed by atoms with E-state index in [1.54, 1.807) is 0 Å². The summed E-state index contributed by atoms with van der Waals surface area (Å²) in [5, 5.41) is 6.60. The van der Waals surface area contributed by atoms with Crippen molar-refractivity contribution >= 4 is 11.7 Å². The van der Waals surface area contributed by atoms with E-state index in [2.05, 4.69) is 19.6 Å². The van der Waals surface area contributed by atoms with Crippen LogP contribution in [0.2, 0.25) is 0 Å². The molecule has 5 heteroatoms. The Bertz CT molecular complexity index is 288. The third-order valence-electron chi connectivity index (χ3n) is 0.978. The second-order valence-corrected chi connectivity index (χ2v) is 1.51. The van der Waals surface area contributed by atoms with Crippen LogP contribution >= 0.6 is 0 Å². The molecule has 0 saturated carbocycles. The van der Waals surface area contributed by atoms with E-state index >= 15 is 0 Å². The van der Waals surface area contributed by atoms with Gasteiger partial charge in [0.15, 0.2) is 6.39 Å². The molecule has 44 valence electrons. The largest absolute Gasteiger partial charge is 0.436 e. The van der Waals surface area contributed by atoms with Crippen molar-refractivity contribution < 1.29 is 9.21 Å². The highest BCUT2D eigenvalue weighted by Crippen LogP contribution is 2.23. The zero-order valence-electron chi connectivity index (χ0n) is 4.24. The van der Waals surface area contributed by atoms with Crippen LogP contribution in [0.25, 0.3) is 0 Å². The molecule has 0 radical (unpaired) electrons. The number of oxazole rings is 1. The first-order chi connectivity index (χ1) is 4.38. The maximum absolute atomic E-state index is 10.5. The molecule has 0 bridgehead atoms. The molecule has 1 aromatic heterocycles. The van der Waals surface area contributed by atoms with E-state index in [0.29, 0.717) is 0 Å². The summed E-state index contributed by atoms with van der Waals surface area (Å²) < 4.78 is 4.64. The minimum Gasteiger partial charge on any atom is -0.436 e. The molecule has 0 N–H and O–H groups in total. The summed E-state index contributed by atoms with van der Waals surface area (Å²) in [6.45, 7) is 0. The molecular weight excluding hydrogens is 122 g/mol. The predicted octanol–water partition coefficient (Wildman–Crippen LogP) is 0.912. The van der Waals surface area contributed by atoms with Crippen LogP contribution in [-0.2, 0) is 0 Å². The van der Waals surface area contributed by atoms with Gasteiger partial charge >= 0.3 is 5.91 Å². The van der Waals surface area contributed by atoms with Crippen molar-refractivity contribution in [3.05, 3.63) is 12.2 Å². The van der Waals surface area contributed by atoms with Gasteiger partial charge in [-0.05, 0) is 0 Å². The molecule has 0 unspecified atom stereocenters. The van der Waals surface area contributed by atoms with Gasteiger partial charge in [-0.15, -0.1) is 10.2 Å². The van der Waals surface area contributed by atoms with Gasteiger partial charge in [-0.1, -0.05) is 0 Å². The lowest BCUT2D eigenvalue weighted by Crippen LogP contribution is -1.83. The highest BCUT2D eigenvalue weighted by Gasteiger charge is 2.21. The van der Waals surface area contributed by atoms with Gasteiger partial charge < -0.3 is 4.42 Å². The molecule has 1 aliphatic heterocycles. The van der Waals surface area contributed by atoms with Crippen molar-refractivity contribution in [3.8, 4) is 0 Å². The maximum atomic E-state index is 10.5. The maximum Gasteiger partial charge on any atom is 0.335 e. The third-order valence-corrected chi connectivity index (χ3v) is 0.978. The first-order valence-electron chi connectivity index (χ1n) is 2.27. The van der Waals surface area contributed by atoms with E-state index < -0.39 is 5.91 Å². The van der Waals surface area contributed by atoms with Crippen LogP contribution in [0, 0.1) is 0 Å². The summed E-state index contributed by atoms with van der Waals surface area (Å²) in [7, 11) is 0. The average molecular weight is 123 g/mol. The van der Waals surface area contributed by atoms with Crippen molar-refractivity contribution in [1.29, 1.82) is 0 Å². The Kier molecular flexibility index (Phi) is 0.606. The van der Waals surface area contributed by atoms with Gasteiger partial charge in [0.25, 0.3) is 0 Å². The lowest BCUT2D eigenvalue weighted by molar-refractivity contribution is 0.0977. The number of amides is 1. The molecule has 1 aliphatic rings. The van der Waals surface area contributed by atoms with E-state index in [0.717, 1.165) is 0 Å². The molecule has 0 aliphatic carbocycles. The van der Waals surface area contributed by atoms with Gasteiger partial charge in [0.1, 0.15) is 0 Å². The molecule has 0 aromatic carbocycles. The molecule has 0 saturated heterocycles. The molecule has 5 nitrogen and oxygen atoms in total. The van der Waals surface area contributed by atoms with Gasteiger partial charge in [-0.3, -0.25) is 4.79 Å². The quantitative estimate of drug-likeness (QED) is 0.514. The number of azo groups is 1. The van der Waals surface area contributed by atoms with Crippen LogP contribution in [0.4, 0.5) is 5.82 Å². The molecule has 0 fully saturated rings. The molecule has 0 atom stereocenters. The van der Waals surface area contributed by atoms with Gasteiger partial charge in [0.2, 0.25) is 11.6 Å². The third kappa shape index (κ3) is 0.426. The first-order valence-corrected chi connectivity index (χ1v) is 2.27. The fourth-order valence-electron chi connectivity index (χ4n) is 0.596. The summed E-state index contributed by atoms with van der Waals surface area (Å²) >= 11 is 0. The van der Waals surface area contributed by atoms with Crippen LogP contribution in [0.15, 0.2) is 21.0 Å². The van der Waals surface area contributed by atoms with Crippen LogP contribution in [0.1, 0.15) is 10.6 Å². The number of rotatable bonds is 0. The Hall–Kier alpha value is -1.52. The predicted molar refractivity (Wildman–Crippen MR) is 25.3 cm³/mol. The van der Waals surface area contributed by atoms with Gasteiger partial charge in [-0.25, -0.2) is 0 Å². The summed E-state index contributed by atoms with van der Waals surface area (Å²) in [4.78, 5) is 14.1. The van der Waals surface area contributed by atoms with E-state index in [1.165, 1.54) is 6.39 Å². The number of aromatic nitrogens is 1. The standard InChI is InChI=1S/C4HN3O2/c8-4-2-3(6-7-4)5-1-9-2/h1H. The first kappa shape index (κ1) is 4.37. The number of carbonyl (C=O) groups is 1. The highest BCUT2D eigenvalue weighted by atomic mass is 16.4. The Morgan fingerprint density at radius 1 is 1.44 bits per heavy atom. The number of hydrogen-bond acceptors (Lipinski definition) is 4. The summed E-state index contributed by atoms with van der Waals surface area (Å²) in [5.74, 6) is -0.0440. The van der Waals surface area contributed by atoms with Gasteiger partial charge in [0.05, 0.1) is 0 Å². The lowest BCUT2D eigenvalue weighted by atomic mass is 10.5. The van der Waals surface area contributed by atoms with Crippen LogP contribution < -0.4 is 0 Å². The van der Waals surface area contributed by atoms with Crippen molar-refractivity contribution in [1.82, 2.24) is 4.98 Å². The Labute approximate surface area is 49.4 Å². The second kappa shape index (κ2) is 1.25. The summed E-state index contributed by atoms with van der Waals surface area (Å²) in [5.41, 5.74) is 0. The van der Waals surface area contributed by atoms with Crippen molar-refractivity contribution in [2.24, 2.45) is 10.2 Å². The lowest BCUT2D eigenvalue weighted by Gasteiger charge is -1.72. The average Bonchev–Trinajstić information content (AvgIpc) is 2.35. The van der Waals surface area contributed by atoms with Crippen molar-refractivity contribution in [2.75, 3.05) is 0 Å². The van der Waals surface area contributed by atoms with Gasteiger partial charge in [0, 0.05) is 0 Å². The number of carbonyl (C=O) groups excluding carboxylic acids is 1. The van der Waals surface area contributed by atoms with E-state index in [4.69, 9.17) is 0 Å². The minimum atomic E-state index is -0.456. The van der Waals surface area contributed by atoms with Crippen LogP contribution in [0.5, 0.6) is 0 Å². The second-order valence-electron chi connectivity index (χ2n) is 1.51. The number of hydrogen-bond donors (Lipinski definition) is 0. The zero-order chi connectivity index (χ0) is 6.27. The van der Waals surface area contributed by atoms with Crippen molar-refractivity contribution in [2.45, 2.75) is 0 Å². The highest BCUT2D eigenvalue weighted by molar-refractivity contribution is 5.97. The Balaban J connectivity index is 2.73. The zero-order valence-corrected chi connectivity index (χ0v) is 4.24. The number of nitrogens with zero attached hydrogens (tertiary/aromatic N) is 3. The fourth-order valence-corrected chi connectivity index (χ4v) is 0.596.